The number of aliphatic hydroxyl groups excluding tert-OH is 3. The third-order valence-electron chi connectivity index (χ3n) is 22.4. The quantitative estimate of drug-likeness (QED) is 0.0206. The monoisotopic (exact) mass is 2000 g/mol. The number of nitrogens with one attached hydrogen (secondary N) is 3. The highest BCUT2D eigenvalue weighted by Gasteiger charge is 2.41. The minimum atomic E-state index is -4.42. The Hall–Kier alpha value is -11.4. The van der Waals surface area contributed by atoms with Crippen molar-refractivity contribution in [1.82, 2.24) is 59.9 Å². The molecule has 770 valence electrons. The van der Waals surface area contributed by atoms with Crippen LogP contribution in [-0.4, -0.2) is 207 Å². The minimum Gasteiger partial charge on any atom is -0.444 e. The number of anilines is 5. The molecule has 8 aromatic rings. The predicted molar refractivity (Wildman–Crippen MR) is 481 cm³/mol. The molecule has 0 spiro atoms. The molecular weight excluding hydrogens is 1880 g/mol. The number of rotatable bonds is 24. The topological polar surface area (TPSA) is 341 Å². The number of nitrogens with zero attached hydrogens (tertiary/aromatic N) is 14. The molecule has 3 amide bonds. The summed E-state index contributed by atoms with van der Waals surface area (Å²) in [6.07, 6.45) is -7.26. The number of likely N-dealkylation sites (tertiary alicyclic amines) is 3. The molecule has 7 fully saturated rings. The van der Waals surface area contributed by atoms with Gasteiger partial charge in [0.2, 0.25) is 29.2 Å². The van der Waals surface area contributed by atoms with Crippen LogP contribution in [0, 0.1) is 64.8 Å². The Kier molecular flexibility index (Phi) is 40.0. The zero-order valence-electron chi connectivity index (χ0n) is 78.6. The van der Waals surface area contributed by atoms with Crippen molar-refractivity contribution < 1.29 is 123 Å². The molecule has 0 radical (unpaired) electrons. The lowest BCUT2D eigenvalue weighted by molar-refractivity contribution is -0.138. The molecule has 140 heavy (non-hydrogen) atoms. The van der Waals surface area contributed by atoms with E-state index >= 15 is 8.78 Å². The number of hydrogen-bond donors (Lipinski definition) is 8. The van der Waals surface area contributed by atoms with E-state index in [0.717, 1.165) is 111 Å². The zero-order valence-corrected chi connectivity index (χ0v) is 78.6. The highest BCUT2D eigenvalue weighted by atomic mass is 19.4. The van der Waals surface area contributed by atoms with Gasteiger partial charge in [-0.2, -0.15) is 83.4 Å². The first-order valence-electron chi connectivity index (χ1n) is 45.5. The maximum absolute atomic E-state index is 15.5. The van der Waals surface area contributed by atoms with Crippen molar-refractivity contribution in [3.8, 4) is 0 Å². The van der Waals surface area contributed by atoms with Gasteiger partial charge in [0.05, 0.1) is 60.2 Å². The lowest BCUT2D eigenvalue weighted by Crippen LogP contribution is -2.49. The summed E-state index contributed by atoms with van der Waals surface area (Å²) in [5.41, 5.74) is 9.48. The van der Waals surface area contributed by atoms with E-state index in [1.807, 2.05) is 20.8 Å². The summed E-state index contributed by atoms with van der Waals surface area (Å²) in [4.78, 5) is 73.7. The number of amides is 3. The number of carbonyl (C=O) groups excluding carboxylic acids is 3. The maximum atomic E-state index is 15.5. The number of β-amino-alcohol motifs (C(OH)–C–C–N with tert-alkyl or cyclic N) is 3. The second-order valence-corrected chi connectivity index (χ2v) is 37.4. The molecule has 7 aliphatic rings. The number of benzene rings is 4. The summed E-state index contributed by atoms with van der Waals surface area (Å²) in [6.45, 7) is 21.9. The van der Waals surface area contributed by atoms with Crippen LogP contribution in [-0.2, 0) is 65.2 Å². The number of halogens is 19. The SMILES string of the molecule is CC(C)(C)OC(=O)N1CC[C@@H](CN)[C@H](O)C1.CC(C)(C)OC(=O)N1CC[C@@H](CNc2ncnc(N(Cc3ccc(C(F)(F)F)cc3)C3CC3)c2F)[C@H](O)C1.CC(C)C.FC(F)(F)c1ccc(CNC2CC2)cc1.Fc1ncnc(F)c1F.Fc1ncnc(N(Cc2ccc(C(F)(F)F)cc2)C2CC2)c1F.NC(=O)CN1CC[C@@H](CNc2ncnc(N(Cc3ccc(C(F)(F)F)cc3)C3CC3)c2F)[C@H](O)C1. The Balaban J connectivity index is 0.000000196. The number of alkyl halides is 12. The molecule has 15 rings (SSSR count). The van der Waals surface area contributed by atoms with E-state index in [1.165, 1.54) is 78.9 Å². The van der Waals surface area contributed by atoms with Crippen LogP contribution in [0.4, 0.5) is 122 Å². The third-order valence-corrected chi connectivity index (χ3v) is 22.4. The Morgan fingerprint density at radius 2 is 0.714 bits per heavy atom. The third kappa shape index (κ3) is 36.3. The van der Waals surface area contributed by atoms with E-state index < -0.39 is 130 Å². The number of piperidine rings is 3. The fraction of sp³-hybridized carbons (Fsp3) is 0.543. The van der Waals surface area contributed by atoms with Gasteiger partial charge in [-0.25, -0.2) is 49.5 Å². The molecule has 4 aromatic heterocycles. The Morgan fingerprint density at radius 1 is 0.414 bits per heavy atom. The fourth-order valence-electron chi connectivity index (χ4n) is 14.4. The summed E-state index contributed by atoms with van der Waals surface area (Å²) in [7, 11) is 0. The van der Waals surface area contributed by atoms with Crippen LogP contribution in [0.1, 0.15) is 177 Å². The van der Waals surface area contributed by atoms with Crippen LogP contribution in [0.25, 0.3) is 0 Å². The van der Waals surface area contributed by atoms with Crippen molar-refractivity contribution >= 4 is 47.2 Å². The molecule has 7 heterocycles. The van der Waals surface area contributed by atoms with Gasteiger partial charge in [-0.05, 0) is 202 Å². The number of primary amides is 1. The molecule has 3 saturated heterocycles. The summed E-state index contributed by atoms with van der Waals surface area (Å²) >= 11 is 0. The van der Waals surface area contributed by atoms with Gasteiger partial charge in [-0.3, -0.25) is 9.69 Å². The maximum Gasteiger partial charge on any atom is 0.416 e. The lowest BCUT2D eigenvalue weighted by atomic mass is 9.93. The number of hydrogen-bond acceptors (Lipinski definition) is 24. The van der Waals surface area contributed by atoms with Crippen LogP contribution < -0.4 is 42.1 Å². The molecule has 0 unspecified atom stereocenters. The largest absolute Gasteiger partial charge is 0.444 e. The molecule has 3 aliphatic heterocycles. The summed E-state index contributed by atoms with van der Waals surface area (Å²) in [6, 6.07) is 20.2. The van der Waals surface area contributed by atoms with Crippen molar-refractivity contribution in [2.45, 2.75) is 238 Å². The number of aliphatic hydroxyl groups is 3. The first-order valence-corrected chi connectivity index (χ1v) is 45.5. The van der Waals surface area contributed by atoms with Crippen molar-refractivity contribution in [2.75, 3.05) is 90.8 Å². The Morgan fingerprint density at radius 3 is 1.01 bits per heavy atom. The van der Waals surface area contributed by atoms with Gasteiger partial charge in [0.1, 0.15) is 36.5 Å². The predicted octanol–water partition coefficient (Wildman–Crippen LogP) is 17.2. The summed E-state index contributed by atoms with van der Waals surface area (Å²) in [5, 5.41) is 40.0. The van der Waals surface area contributed by atoms with E-state index in [9.17, 15) is 104 Å². The van der Waals surface area contributed by atoms with Crippen molar-refractivity contribution in [3.63, 3.8) is 0 Å². The molecular formula is C94H118F19N19O8. The number of aromatic nitrogens is 8. The Bertz CT molecular complexity index is 5230. The van der Waals surface area contributed by atoms with Gasteiger partial charge in [0, 0.05) is 101 Å². The highest BCUT2D eigenvalue weighted by molar-refractivity contribution is 5.76. The van der Waals surface area contributed by atoms with E-state index in [0.29, 0.717) is 87.7 Å². The number of ether oxygens (including phenoxy) is 2. The Labute approximate surface area is 797 Å². The van der Waals surface area contributed by atoms with Gasteiger partial charge in [0.25, 0.3) is 17.8 Å². The number of carbonyl (C=O) groups is 3. The summed E-state index contributed by atoms with van der Waals surface area (Å²) in [5.74, 6) is -8.23. The smallest absolute Gasteiger partial charge is 0.416 e. The van der Waals surface area contributed by atoms with Crippen LogP contribution >= 0.6 is 0 Å². The van der Waals surface area contributed by atoms with Gasteiger partial charge >= 0.3 is 36.9 Å². The van der Waals surface area contributed by atoms with Crippen LogP contribution in [0.2, 0.25) is 0 Å². The van der Waals surface area contributed by atoms with E-state index in [1.54, 1.807) is 45.3 Å². The highest BCUT2D eigenvalue weighted by Crippen LogP contribution is 2.41. The van der Waals surface area contributed by atoms with Crippen molar-refractivity contribution in [3.05, 3.63) is 208 Å². The van der Waals surface area contributed by atoms with Crippen molar-refractivity contribution in [1.29, 1.82) is 0 Å². The molecule has 10 N–H and O–H groups in total. The zero-order chi connectivity index (χ0) is 103. The average molecular weight is 2000 g/mol. The van der Waals surface area contributed by atoms with Gasteiger partial charge < -0.3 is 76.7 Å². The minimum absolute atomic E-state index is 0.000153. The second-order valence-electron chi connectivity index (χ2n) is 37.4. The molecule has 27 nitrogen and oxygen atoms in total. The van der Waals surface area contributed by atoms with Gasteiger partial charge in [-0.1, -0.05) is 69.3 Å². The van der Waals surface area contributed by atoms with E-state index in [4.69, 9.17) is 20.9 Å². The molecule has 4 aromatic carbocycles. The van der Waals surface area contributed by atoms with Crippen molar-refractivity contribution in [2.24, 2.45) is 35.1 Å². The van der Waals surface area contributed by atoms with E-state index in [2.05, 4.69) is 76.6 Å². The van der Waals surface area contributed by atoms with Crippen LogP contribution in [0.5, 0.6) is 0 Å². The number of nitrogens with two attached hydrogens (primary N) is 2. The lowest BCUT2D eigenvalue weighted by Gasteiger charge is -2.36. The normalized spacial score (nSPS) is 18.9. The molecule has 0 bridgehead atoms. The molecule has 4 aliphatic carbocycles. The molecule has 6 atom stereocenters. The van der Waals surface area contributed by atoms with Crippen LogP contribution in [0.3, 0.4) is 0 Å². The first kappa shape index (κ1) is 112. The van der Waals surface area contributed by atoms with E-state index in [-0.39, 0.29) is 117 Å². The van der Waals surface area contributed by atoms with Gasteiger partial charge in [0.15, 0.2) is 29.1 Å². The first-order chi connectivity index (χ1) is 65.6. The molecule has 46 heteroatoms. The average Bonchev–Trinajstić information content (AvgIpc) is 1.63. The fourth-order valence-corrected chi connectivity index (χ4v) is 14.4. The second kappa shape index (κ2) is 49.9. The standard InChI is InChI=1S/C26H33F4N5O3.C23H28F4N6O2.C15H12F5N3.C11H12F3N.C11H22N2O3.C4HF3N2.C4H10/c1-25(2,3)38-24(37)34-11-10-17(20(36)14-34)12-31-22-21(27)23(33-15-32-22)35(19-8-9-19)13-16-4-6-18(7-5-16)26(28,29)30;24-20-21(29-9-15-7-8-32(11-18(15)34)12-19(28)35)30-13-31-22(20)33(17-5-6-17)10-14-1-3-16(4-2-14)23(25,26)27;16-12-13(17)21-8-22-14(12)23(11-5-6-11)7-9-1-3-10(4-2-9)15(18,19)20;12-11(13,14)9-3-1-8(2-4-9)7-15-10-5-6-10;1-11(2,3)16-10(15)13-5-4-8(6-12)9(14)7-13;5-2-3(6)8-1-9-4(2)7;1-4(2)3/h4-7,15,17,19-20,36H,8-14H2,1-3H3,(H,31,32,33);1-4,13,15,17-18,34H,5-12H2,(H2,28,35)(H,29,30,31);1-4,8,11H,5-7H2;1-4,10,15H,5-7H2;8-9,14H,4-7,12H2,1-3H3;1H;4H,1-3H3/t17-,20+;15-,18+;;;8-,9+;;/m00..0../s1. The van der Waals surface area contributed by atoms with Gasteiger partial charge in [-0.15, -0.1) is 0 Å². The summed E-state index contributed by atoms with van der Waals surface area (Å²) < 4.78 is 256. The van der Waals surface area contributed by atoms with Crippen LogP contribution in [0.15, 0.2) is 122 Å². The molecule has 4 saturated carbocycles.